The summed E-state index contributed by atoms with van der Waals surface area (Å²) in [6.07, 6.45) is 1.15. The van der Waals surface area contributed by atoms with Crippen LogP contribution in [0.1, 0.15) is 25.6 Å². The molecule has 0 spiro atoms. The predicted molar refractivity (Wildman–Crippen MR) is 98.8 cm³/mol. The molecule has 0 aliphatic rings. The van der Waals surface area contributed by atoms with Crippen LogP contribution in [0.2, 0.25) is 4.34 Å². The van der Waals surface area contributed by atoms with E-state index < -0.39 is 15.6 Å². The minimum Gasteiger partial charge on any atom is -0.357 e. The summed E-state index contributed by atoms with van der Waals surface area (Å²) in [5.74, 6) is 0.723. The molecule has 1 aromatic rings. The van der Waals surface area contributed by atoms with Crippen LogP contribution in [0.15, 0.2) is 17.1 Å². The van der Waals surface area contributed by atoms with Crippen molar-refractivity contribution in [3.63, 3.8) is 0 Å². The standard InChI is InChI=1S/C14H25ClN4O2S2/c1-6-16-13(17-10-14(2,3)18-23(5,20)21)19(4)9-11-7-8-12(15)22-11/h7-8,18H,6,9-10H2,1-5H3,(H,16,17). The molecule has 9 heteroatoms. The Labute approximate surface area is 148 Å². The van der Waals surface area contributed by atoms with Gasteiger partial charge in [-0.3, -0.25) is 4.99 Å². The van der Waals surface area contributed by atoms with E-state index in [9.17, 15) is 8.42 Å². The van der Waals surface area contributed by atoms with E-state index in [1.165, 1.54) is 11.3 Å². The summed E-state index contributed by atoms with van der Waals surface area (Å²) < 4.78 is 26.1. The molecule has 1 heterocycles. The van der Waals surface area contributed by atoms with Crippen LogP contribution in [0.4, 0.5) is 0 Å². The fourth-order valence-electron chi connectivity index (χ4n) is 2.02. The Hall–Kier alpha value is -0.830. The van der Waals surface area contributed by atoms with Crippen LogP contribution in [0.5, 0.6) is 0 Å². The molecule has 1 rings (SSSR count). The van der Waals surface area contributed by atoms with E-state index in [2.05, 4.69) is 15.0 Å². The first-order valence-corrected chi connectivity index (χ1v) is 10.3. The van der Waals surface area contributed by atoms with Crippen LogP contribution in [0.3, 0.4) is 0 Å². The molecule has 0 bridgehead atoms. The summed E-state index contributed by atoms with van der Waals surface area (Å²) in [5, 5.41) is 3.22. The summed E-state index contributed by atoms with van der Waals surface area (Å²) >= 11 is 7.49. The second-order valence-electron chi connectivity index (χ2n) is 5.99. The van der Waals surface area contributed by atoms with E-state index >= 15 is 0 Å². The number of aliphatic imine (C=N–C) groups is 1. The predicted octanol–water partition coefficient (Wildman–Crippen LogP) is 2.13. The topological polar surface area (TPSA) is 73.8 Å². The molecule has 0 saturated heterocycles. The van der Waals surface area contributed by atoms with Crippen LogP contribution in [0, 0.1) is 0 Å². The van der Waals surface area contributed by atoms with Crippen LogP contribution in [0.25, 0.3) is 0 Å². The number of nitrogens with zero attached hydrogens (tertiary/aromatic N) is 2. The zero-order chi connectivity index (χ0) is 17.7. The maximum atomic E-state index is 11.4. The van der Waals surface area contributed by atoms with E-state index in [-0.39, 0.29) is 0 Å². The van der Waals surface area contributed by atoms with Gasteiger partial charge in [-0.15, -0.1) is 11.3 Å². The fourth-order valence-corrected chi connectivity index (χ4v) is 4.23. The molecule has 0 saturated carbocycles. The fraction of sp³-hybridized carbons (Fsp3) is 0.643. The highest BCUT2D eigenvalue weighted by atomic mass is 35.5. The smallest absolute Gasteiger partial charge is 0.209 e. The lowest BCUT2D eigenvalue weighted by Gasteiger charge is -2.26. The highest BCUT2D eigenvalue weighted by Crippen LogP contribution is 2.22. The third-order valence-electron chi connectivity index (χ3n) is 2.80. The maximum Gasteiger partial charge on any atom is 0.209 e. The minimum atomic E-state index is -3.27. The van der Waals surface area contributed by atoms with Gasteiger partial charge in [-0.1, -0.05) is 11.6 Å². The van der Waals surface area contributed by atoms with E-state index in [0.717, 1.165) is 28.0 Å². The number of nitrogens with one attached hydrogen (secondary N) is 2. The van der Waals surface area contributed by atoms with Gasteiger partial charge >= 0.3 is 0 Å². The Morgan fingerprint density at radius 1 is 1.43 bits per heavy atom. The van der Waals surface area contributed by atoms with Crippen molar-refractivity contribution in [2.24, 2.45) is 4.99 Å². The van der Waals surface area contributed by atoms with Crippen molar-refractivity contribution in [1.82, 2.24) is 14.9 Å². The lowest BCUT2D eigenvalue weighted by Crippen LogP contribution is -2.46. The maximum absolute atomic E-state index is 11.4. The molecule has 2 N–H and O–H groups in total. The highest BCUT2D eigenvalue weighted by molar-refractivity contribution is 7.88. The van der Waals surface area contributed by atoms with Crippen LogP contribution in [-0.4, -0.2) is 51.2 Å². The lowest BCUT2D eigenvalue weighted by atomic mass is 10.1. The monoisotopic (exact) mass is 380 g/mol. The highest BCUT2D eigenvalue weighted by Gasteiger charge is 2.22. The van der Waals surface area contributed by atoms with Crippen molar-refractivity contribution < 1.29 is 8.42 Å². The SMILES string of the molecule is CCNC(=NCC(C)(C)NS(C)(=O)=O)N(C)Cc1ccc(Cl)s1. The Morgan fingerprint density at radius 2 is 2.09 bits per heavy atom. The Balaban J connectivity index is 2.79. The molecule has 0 aromatic carbocycles. The molecule has 0 atom stereocenters. The van der Waals surface area contributed by atoms with E-state index in [1.807, 2.05) is 31.0 Å². The normalized spacial score (nSPS) is 13.2. The molecule has 0 aliphatic heterocycles. The van der Waals surface area contributed by atoms with Crippen molar-refractivity contribution in [1.29, 1.82) is 0 Å². The summed E-state index contributed by atoms with van der Waals surface area (Å²) in [4.78, 5) is 7.67. The zero-order valence-electron chi connectivity index (χ0n) is 14.2. The molecule has 0 fully saturated rings. The molecule has 0 amide bonds. The van der Waals surface area contributed by atoms with Gasteiger partial charge in [0.15, 0.2) is 5.96 Å². The molecule has 0 radical (unpaired) electrons. The first-order valence-electron chi connectivity index (χ1n) is 7.25. The third kappa shape index (κ3) is 8.01. The minimum absolute atomic E-state index is 0.331. The number of rotatable bonds is 7. The molecule has 23 heavy (non-hydrogen) atoms. The summed E-state index contributed by atoms with van der Waals surface area (Å²) in [5.41, 5.74) is -0.651. The van der Waals surface area contributed by atoms with Crippen molar-refractivity contribution in [2.45, 2.75) is 32.9 Å². The molecule has 0 unspecified atom stereocenters. The number of guanidine groups is 1. The van der Waals surface area contributed by atoms with Crippen LogP contribution in [-0.2, 0) is 16.6 Å². The second-order valence-corrected chi connectivity index (χ2v) is 9.54. The largest absolute Gasteiger partial charge is 0.357 e. The number of hydrogen-bond acceptors (Lipinski definition) is 4. The number of halogens is 1. The van der Waals surface area contributed by atoms with Gasteiger partial charge in [0.25, 0.3) is 0 Å². The average Bonchev–Trinajstić information content (AvgIpc) is 2.76. The number of thiophene rings is 1. The van der Waals surface area contributed by atoms with Gasteiger partial charge in [-0.25, -0.2) is 13.1 Å². The van der Waals surface area contributed by atoms with E-state index in [1.54, 1.807) is 13.8 Å². The molecule has 0 aliphatic carbocycles. The first kappa shape index (κ1) is 20.2. The van der Waals surface area contributed by atoms with Crippen LogP contribution >= 0.6 is 22.9 Å². The molecule has 132 valence electrons. The number of sulfonamides is 1. The van der Waals surface area contributed by atoms with Gasteiger partial charge in [0.05, 0.1) is 23.7 Å². The lowest BCUT2D eigenvalue weighted by molar-refractivity contribution is 0.448. The first-order chi connectivity index (χ1) is 10.5. The van der Waals surface area contributed by atoms with Crippen LogP contribution < -0.4 is 10.0 Å². The molecular formula is C14H25ClN4O2S2. The quantitative estimate of drug-likeness (QED) is 0.561. The Kier molecular flexibility index (Phi) is 7.31. The van der Waals surface area contributed by atoms with Crippen molar-refractivity contribution in [3.05, 3.63) is 21.3 Å². The van der Waals surface area contributed by atoms with Gasteiger partial charge in [0, 0.05) is 24.0 Å². The van der Waals surface area contributed by atoms with Gasteiger partial charge < -0.3 is 10.2 Å². The van der Waals surface area contributed by atoms with E-state index in [4.69, 9.17) is 11.6 Å². The summed E-state index contributed by atoms with van der Waals surface area (Å²) in [6.45, 7) is 7.35. The Morgan fingerprint density at radius 3 is 2.57 bits per heavy atom. The van der Waals surface area contributed by atoms with Crippen molar-refractivity contribution in [3.8, 4) is 0 Å². The Bertz CT molecular complexity index is 641. The molecule has 6 nitrogen and oxygen atoms in total. The zero-order valence-corrected chi connectivity index (χ0v) is 16.6. The van der Waals surface area contributed by atoms with Crippen molar-refractivity contribution in [2.75, 3.05) is 26.4 Å². The van der Waals surface area contributed by atoms with Gasteiger partial charge in [0.2, 0.25) is 10.0 Å². The average molecular weight is 381 g/mol. The van der Waals surface area contributed by atoms with Gasteiger partial charge in [-0.05, 0) is 32.9 Å². The van der Waals surface area contributed by atoms with Gasteiger partial charge in [0.1, 0.15) is 0 Å². The summed E-state index contributed by atoms with van der Waals surface area (Å²) in [7, 11) is -1.34. The molecule has 1 aromatic heterocycles. The molecular weight excluding hydrogens is 356 g/mol. The van der Waals surface area contributed by atoms with Crippen molar-refractivity contribution >= 4 is 38.9 Å². The van der Waals surface area contributed by atoms with Gasteiger partial charge in [-0.2, -0.15) is 0 Å². The number of hydrogen-bond donors (Lipinski definition) is 2. The second kappa shape index (κ2) is 8.32. The van der Waals surface area contributed by atoms with E-state index in [0.29, 0.717) is 13.1 Å². The third-order valence-corrected chi connectivity index (χ3v) is 4.94. The summed E-state index contributed by atoms with van der Waals surface area (Å²) in [6, 6.07) is 3.86.